The van der Waals surface area contributed by atoms with Gasteiger partial charge in [0.1, 0.15) is 0 Å². The summed E-state index contributed by atoms with van der Waals surface area (Å²) in [6.45, 7) is 3.04. The van der Waals surface area contributed by atoms with E-state index in [2.05, 4.69) is 12.2 Å². The highest BCUT2D eigenvalue weighted by Gasteiger charge is 2.24. The molecule has 1 nitrogen and oxygen atoms in total. The van der Waals surface area contributed by atoms with Crippen LogP contribution in [0.25, 0.3) is 0 Å². The van der Waals surface area contributed by atoms with E-state index >= 15 is 0 Å². The summed E-state index contributed by atoms with van der Waals surface area (Å²) in [6, 6.07) is 4.51. The maximum absolute atomic E-state index is 13.5. The zero-order chi connectivity index (χ0) is 14.4. The quantitative estimate of drug-likeness (QED) is 0.751. The Balaban J connectivity index is 2.18. The van der Waals surface area contributed by atoms with Crippen molar-refractivity contribution in [3.63, 3.8) is 0 Å². The van der Waals surface area contributed by atoms with Crippen LogP contribution in [0.3, 0.4) is 0 Å². The van der Waals surface area contributed by atoms with Gasteiger partial charge in [0, 0.05) is 6.04 Å². The Kier molecular flexibility index (Phi) is 5.96. The van der Waals surface area contributed by atoms with Crippen molar-refractivity contribution in [2.75, 3.05) is 6.54 Å². The van der Waals surface area contributed by atoms with Crippen molar-refractivity contribution >= 4 is 0 Å². The third kappa shape index (κ3) is 4.02. The largest absolute Gasteiger partial charge is 0.310 e. The topological polar surface area (TPSA) is 12.0 Å². The number of benzene rings is 1. The van der Waals surface area contributed by atoms with Crippen LogP contribution in [0, 0.1) is 17.6 Å². The van der Waals surface area contributed by atoms with Crippen molar-refractivity contribution in [1.82, 2.24) is 5.32 Å². The van der Waals surface area contributed by atoms with Crippen LogP contribution >= 0.6 is 0 Å². The first-order valence-corrected chi connectivity index (χ1v) is 7.90. The maximum atomic E-state index is 13.5. The summed E-state index contributed by atoms with van der Waals surface area (Å²) >= 11 is 0. The van der Waals surface area contributed by atoms with Crippen LogP contribution in [0.2, 0.25) is 0 Å². The molecule has 1 atom stereocenters. The van der Waals surface area contributed by atoms with Crippen LogP contribution in [0.1, 0.15) is 63.5 Å². The predicted molar refractivity (Wildman–Crippen MR) is 78.6 cm³/mol. The SMILES string of the molecule is CCCNC(c1ccc(F)c(F)c1)C1CCCCCC1. The molecule has 0 heterocycles. The monoisotopic (exact) mass is 281 g/mol. The summed E-state index contributed by atoms with van der Waals surface area (Å²) in [5, 5.41) is 3.54. The Morgan fingerprint density at radius 2 is 1.80 bits per heavy atom. The van der Waals surface area contributed by atoms with Crippen molar-refractivity contribution < 1.29 is 8.78 Å². The summed E-state index contributed by atoms with van der Waals surface area (Å²) < 4.78 is 26.6. The zero-order valence-corrected chi connectivity index (χ0v) is 12.3. The average Bonchev–Trinajstić information content (AvgIpc) is 2.72. The van der Waals surface area contributed by atoms with Gasteiger partial charge in [-0.05, 0) is 49.4 Å². The fourth-order valence-corrected chi connectivity index (χ4v) is 3.21. The molecule has 0 bridgehead atoms. The van der Waals surface area contributed by atoms with E-state index in [1.54, 1.807) is 6.07 Å². The van der Waals surface area contributed by atoms with Crippen LogP contribution in [-0.2, 0) is 0 Å². The number of hydrogen-bond acceptors (Lipinski definition) is 1. The third-order valence-corrected chi connectivity index (χ3v) is 4.29. The molecule has 0 spiro atoms. The Hall–Kier alpha value is -0.960. The molecule has 112 valence electrons. The molecular formula is C17H25F2N. The Morgan fingerprint density at radius 3 is 2.40 bits per heavy atom. The van der Waals surface area contributed by atoms with Gasteiger partial charge in [-0.3, -0.25) is 0 Å². The first kappa shape index (κ1) is 15.4. The lowest BCUT2D eigenvalue weighted by Crippen LogP contribution is -2.29. The highest BCUT2D eigenvalue weighted by molar-refractivity contribution is 5.22. The molecule has 20 heavy (non-hydrogen) atoms. The molecule has 1 aromatic carbocycles. The number of nitrogens with one attached hydrogen (secondary N) is 1. The molecule has 1 fully saturated rings. The van der Waals surface area contributed by atoms with Crippen LogP contribution in [-0.4, -0.2) is 6.54 Å². The van der Waals surface area contributed by atoms with Gasteiger partial charge in [-0.2, -0.15) is 0 Å². The van der Waals surface area contributed by atoms with E-state index in [9.17, 15) is 8.78 Å². The molecular weight excluding hydrogens is 256 g/mol. The second-order valence-corrected chi connectivity index (χ2v) is 5.86. The highest BCUT2D eigenvalue weighted by atomic mass is 19.2. The molecule has 1 unspecified atom stereocenters. The third-order valence-electron chi connectivity index (χ3n) is 4.29. The summed E-state index contributed by atoms with van der Waals surface area (Å²) in [6.07, 6.45) is 8.51. The van der Waals surface area contributed by atoms with Gasteiger partial charge >= 0.3 is 0 Å². The molecule has 0 amide bonds. The van der Waals surface area contributed by atoms with E-state index in [4.69, 9.17) is 0 Å². The molecule has 0 saturated heterocycles. The van der Waals surface area contributed by atoms with E-state index in [1.165, 1.54) is 50.7 Å². The van der Waals surface area contributed by atoms with Gasteiger partial charge in [0.15, 0.2) is 11.6 Å². The minimum absolute atomic E-state index is 0.156. The lowest BCUT2D eigenvalue weighted by molar-refractivity contribution is 0.324. The van der Waals surface area contributed by atoms with E-state index in [1.807, 2.05) is 0 Å². The molecule has 0 radical (unpaired) electrons. The van der Waals surface area contributed by atoms with Crippen molar-refractivity contribution in [1.29, 1.82) is 0 Å². The smallest absolute Gasteiger partial charge is 0.159 e. The van der Waals surface area contributed by atoms with Crippen molar-refractivity contribution in [3.8, 4) is 0 Å². The minimum Gasteiger partial charge on any atom is -0.310 e. The summed E-state index contributed by atoms with van der Waals surface area (Å²) in [7, 11) is 0. The second kappa shape index (κ2) is 7.72. The molecule has 2 rings (SSSR count). The second-order valence-electron chi connectivity index (χ2n) is 5.86. The molecule has 1 aromatic rings. The van der Waals surface area contributed by atoms with Gasteiger partial charge in [0.25, 0.3) is 0 Å². The van der Waals surface area contributed by atoms with Crippen molar-refractivity contribution in [3.05, 3.63) is 35.4 Å². The highest BCUT2D eigenvalue weighted by Crippen LogP contribution is 2.34. The first-order chi connectivity index (χ1) is 9.72. The Morgan fingerprint density at radius 1 is 1.10 bits per heavy atom. The van der Waals surface area contributed by atoms with Crippen LogP contribution < -0.4 is 5.32 Å². The molecule has 1 aliphatic rings. The summed E-state index contributed by atoms with van der Waals surface area (Å²) in [5.74, 6) is -0.961. The summed E-state index contributed by atoms with van der Waals surface area (Å²) in [4.78, 5) is 0. The van der Waals surface area contributed by atoms with Gasteiger partial charge < -0.3 is 5.32 Å². The molecule has 1 N–H and O–H groups in total. The fourth-order valence-electron chi connectivity index (χ4n) is 3.21. The number of halogens is 2. The standard InChI is InChI=1S/C17H25F2N/c1-2-11-20-17(13-7-5-3-4-6-8-13)14-9-10-15(18)16(19)12-14/h9-10,12-13,17,20H,2-8,11H2,1H3. The average molecular weight is 281 g/mol. The van der Waals surface area contributed by atoms with Gasteiger partial charge in [0.2, 0.25) is 0 Å². The van der Waals surface area contributed by atoms with E-state index in [-0.39, 0.29) is 6.04 Å². The zero-order valence-electron chi connectivity index (χ0n) is 12.3. The number of rotatable bonds is 5. The minimum atomic E-state index is -0.760. The van der Waals surface area contributed by atoms with Crippen LogP contribution in [0.15, 0.2) is 18.2 Å². The van der Waals surface area contributed by atoms with Crippen molar-refractivity contribution in [2.45, 2.75) is 57.9 Å². The van der Waals surface area contributed by atoms with Gasteiger partial charge in [0.05, 0.1) is 0 Å². The maximum Gasteiger partial charge on any atom is 0.159 e. The van der Waals surface area contributed by atoms with Gasteiger partial charge in [-0.1, -0.05) is 38.7 Å². The van der Waals surface area contributed by atoms with E-state index < -0.39 is 11.6 Å². The van der Waals surface area contributed by atoms with Crippen LogP contribution in [0.4, 0.5) is 8.78 Å². The van der Waals surface area contributed by atoms with E-state index in [0.717, 1.165) is 18.5 Å². The normalized spacial score (nSPS) is 18.8. The lowest BCUT2D eigenvalue weighted by Gasteiger charge is -2.28. The Labute approximate surface area is 120 Å². The molecule has 3 heteroatoms. The Bertz CT molecular complexity index is 411. The van der Waals surface area contributed by atoms with Gasteiger partial charge in [-0.15, -0.1) is 0 Å². The first-order valence-electron chi connectivity index (χ1n) is 7.90. The molecule has 1 aliphatic carbocycles. The van der Waals surface area contributed by atoms with E-state index in [0.29, 0.717) is 5.92 Å². The number of hydrogen-bond donors (Lipinski definition) is 1. The molecule has 0 aliphatic heterocycles. The summed E-state index contributed by atoms with van der Waals surface area (Å²) in [5.41, 5.74) is 0.893. The van der Waals surface area contributed by atoms with Crippen LogP contribution in [0.5, 0.6) is 0 Å². The lowest BCUT2D eigenvalue weighted by atomic mass is 9.87. The predicted octanol–water partition coefficient (Wildman–Crippen LogP) is 4.98. The molecule has 1 saturated carbocycles. The van der Waals surface area contributed by atoms with Crippen molar-refractivity contribution in [2.24, 2.45) is 5.92 Å². The molecule has 0 aromatic heterocycles. The fraction of sp³-hybridized carbons (Fsp3) is 0.647. The van der Waals surface area contributed by atoms with Gasteiger partial charge in [-0.25, -0.2) is 8.78 Å².